The lowest BCUT2D eigenvalue weighted by atomic mass is 9.52. The summed E-state index contributed by atoms with van der Waals surface area (Å²) in [6.45, 7) is 15.7. The van der Waals surface area contributed by atoms with Crippen molar-refractivity contribution in [3.63, 3.8) is 0 Å². The number of rotatable bonds is 5. The predicted octanol–water partition coefficient (Wildman–Crippen LogP) is 2.63. The van der Waals surface area contributed by atoms with Gasteiger partial charge in [-0.2, -0.15) is 0 Å². The highest BCUT2D eigenvalue weighted by atomic mass is 16.7. The summed E-state index contributed by atoms with van der Waals surface area (Å²) < 4.78 is 0. The van der Waals surface area contributed by atoms with E-state index in [0.717, 1.165) is 0 Å². The minimum absolute atomic E-state index is 0.155. The molecule has 6 heteroatoms. The quantitative estimate of drug-likeness (QED) is 0.608. The maximum atomic E-state index is 12.7. The Morgan fingerprint density at radius 2 is 1.48 bits per heavy atom. The molecule has 0 aliphatic carbocycles. The first-order valence-corrected chi connectivity index (χ1v) is 8.77. The van der Waals surface area contributed by atoms with Gasteiger partial charge in [-0.05, 0) is 16.2 Å². The Bertz CT molecular complexity index is 560. The highest BCUT2D eigenvalue weighted by Crippen LogP contribution is 2.55. The first kappa shape index (κ1) is 21.6. The Hall–Kier alpha value is -1.43. The largest absolute Gasteiger partial charge is 0.296 e. The molecule has 0 bridgehead atoms. The standard InChI is InChI=1S/C19H34N2O4/c1-11(16(24)21(9)25-10)18(5,6)19(7,8)13-12(17(2,3)4)14(22)20-15(13)23/h11-13H,1-10H3,(H,20,22,23). The molecule has 0 aromatic carbocycles. The average Bonchev–Trinajstić information content (AvgIpc) is 2.79. The fourth-order valence-electron chi connectivity index (χ4n) is 3.85. The second-order valence-electron chi connectivity index (χ2n) is 9.36. The monoisotopic (exact) mass is 354 g/mol. The molecule has 3 atom stereocenters. The predicted molar refractivity (Wildman–Crippen MR) is 96.1 cm³/mol. The van der Waals surface area contributed by atoms with Crippen molar-refractivity contribution in [1.29, 1.82) is 0 Å². The Kier molecular flexibility index (Phi) is 5.80. The first-order valence-electron chi connectivity index (χ1n) is 8.77. The van der Waals surface area contributed by atoms with Crippen molar-refractivity contribution in [2.24, 2.45) is 34.0 Å². The summed E-state index contributed by atoms with van der Waals surface area (Å²) in [6.07, 6.45) is 0. The van der Waals surface area contributed by atoms with E-state index < -0.39 is 28.6 Å². The van der Waals surface area contributed by atoms with Crippen molar-refractivity contribution >= 4 is 17.7 Å². The molecular weight excluding hydrogens is 320 g/mol. The van der Waals surface area contributed by atoms with Crippen LogP contribution in [0.5, 0.6) is 0 Å². The zero-order valence-electron chi connectivity index (χ0n) is 17.3. The molecule has 0 saturated carbocycles. The molecule has 1 saturated heterocycles. The molecule has 1 heterocycles. The Morgan fingerprint density at radius 3 is 1.88 bits per heavy atom. The third kappa shape index (κ3) is 3.59. The van der Waals surface area contributed by atoms with Crippen LogP contribution in [0, 0.1) is 34.0 Å². The van der Waals surface area contributed by atoms with Gasteiger partial charge in [0, 0.05) is 13.0 Å². The Balaban J connectivity index is 3.34. The molecule has 0 spiro atoms. The van der Waals surface area contributed by atoms with Gasteiger partial charge in [0.2, 0.25) is 17.7 Å². The van der Waals surface area contributed by atoms with Crippen LogP contribution in [0.3, 0.4) is 0 Å². The molecule has 3 unspecified atom stereocenters. The molecule has 1 aliphatic heterocycles. The van der Waals surface area contributed by atoms with Gasteiger partial charge >= 0.3 is 0 Å². The second kappa shape index (κ2) is 6.71. The summed E-state index contributed by atoms with van der Waals surface area (Å²) in [5, 5.41) is 3.72. The molecule has 0 radical (unpaired) electrons. The number of nitrogens with zero attached hydrogens (tertiary/aromatic N) is 1. The zero-order chi connectivity index (χ0) is 20.0. The first-order chi connectivity index (χ1) is 11.1. The molecule has 3 amide bonds. The molecule has 1 N–H and O–H groups in total. The maximum absolute atomic E-state index is 12.7. The molecule has 1 aliphatic rings. The molecule has 0 aromatic heterocycles. The van der Waals surface area contributed by atoms with Crippen LogP contribution in [-0.2, 0) is 19.2 Å². The highest BCUT2D eigenvalue weighted by Gasteiger charge is 2.59. The summed E-state index contributed by atoms with van der Waals surface area (Å²) in [6, 6.07) is 0. The number of amides is 3. The maximum Gasteiger partial charge on any atom is 0.249 e. The SMILES string of the molecule is CON(C)C(=O)C(C)C(C)(C)C(C)(C)C1C(=O)NC(=O)C1C(C)(C)C. The number of carbonyl (C=O) groups excluding carboxylic acids is 3. The second-order valence-corrected chi connectivity index (χ2v) is 9.36. The van der Waals surface area contributed by atoms with Gasteiger partial charge in [0.1, 0.15) is 0 Å². The van der Waals surface area contributed by atoms with Crippen molar-refractivity contribution < 1.29 is 19.2 Å². The summed E-state index contributed by atoms with van der Waals surface area (Å²) in [5.74, 6) is -1.95. The fraction of sp³-hybridized carbons (Fsp3) is 0.842. The molecule has 144 valence electrons. The summed E-state index contributed by atoms with van der Waals surface area (Å²) in [7, 11) is 3.02. The van der Waals surface area contributed by atoms with Crippen molar-refractivity contribution in [1.82, 2.24) is 10.4 Å². The summed E-state index contributed by atoms with van der Waals surface area (Å²) in [5.41, 5.74) is -1.50. The summed E-state index contributed by atoms with van der Waals surface area (Å²) >= 11 is 0. The number of carbonyl (C=O) groups is 3. The van der Waals surface area contributed by atoms with Gasteiger partial charge in [0.15, 0.2) is 0 Å². The van der Waals surface area contributed by atoms with E-state index in [4.69, 9.17) is 4.84 Å². The minimum Gasteiger partial charge on any atom is -0.296 e. The number of hydroxylamine groups is 2. The molecule has 6 nitrogen and oxygen atoms in total. The van der Waals surface area contributed by atoms with Gasteiger partial charge < -0.3 is 0 Å². The van der Waals surface area contributed by atoms with Crippen LogP contribution in [0.15, 0.2) is 0 Å². The van der Waals surface area contributed by atoms with E-state index in [2.05, 4.69) is 5.32 Å². The lowest BCUT2D eigenvalue weighted by Gasteiger charge is -2.50. The van der Waals surface area contributed by atoms with Crippen LogP contribution in [-0.4, -0.2) is 36.9 Å². The van der Waals surface area contributed by atoms with Crippen molar-refractivity contribution in [2.75, 3.05) is 14.2 Å². The minimum atomic E-state index is -0.592. The number of nitrogens with one attached hydrogen (secondary N) is 1. The Morgan fingerprint density at radius 1 is 1.04 bits per heavy atom. The number of hydrogen-bond donors (Lipinski definition) is 1. The summed E-state index contributed by atoms with van der Waals surface area (Å²) in [4.78, 5) is 42.8. The van der Waals surface area contributed by atoms with Crippen molar-refractivity contribution in [2.45, 2.75) is 55.4 Å². The van der Waals surface area contributed by atoms with E-state index in [1.165, 1.54) is 12.2 Å². The van der Waals surface area contributed by atoms with Gasteiger partial charge in [-0.25, -0.2) is 5.06 Å². The zero-order valence-corrected chi connectivity index (χ0v) is 17.3. The molecular formula is C19H34N2O4. The molecule has 1 fully saturated rings. The van der Waals surface area contributed by atoms with Crippen LogP contribution in [0.1, 0.15) is 55.4 Å². The van der Waals surface area contributed by atoms with Gasteiger partial charge in [0.25, 0.3) is 0 Å². The topological polar surface area (TPSA) is 75.7 Å². The van der Waals surface area contributed by atoms with Crippen LogP contribution < -0.4 is 5.32 Å². The van der Waals surface area contributed by atoms with E-state index in [1.54, 1.807) is 7.05 Å². The lowest BCUT2D eigenvalue weighted by molar-refractivity contribution is -0.182. The smallest absolute Gasteiger partial charge is 0.249 e. The number of imide groups is 1. The van der Waals surface area contributed by atoms with E-state index in [9.17, 15) is 14.4 Å². The van der Waals surface area contributed by atoms with Crippen LogP contribution in [0.4, 0.5) is 0 Å². The Labute approximate surface area is 151 Å². The lowest BCUT2D eigenvalue weighted by Crippen LogP contribution is -2.52. The van der Waals surface area contributed by atoms with Crippen LogP contribution >= 0.6 is 0 Å². The molecule has 25 heavy (non-hydrogen) atoms. The third-order valence-electron chi connectivity index (χ3n) is 6.55. The third-order valence-corrected chi connectivity index (χ3v) is 6.55. The van der Waals surface area contributed by atoms with E-state index >= 15 is 0 Å². The number of hydrogen-bond acceptors (Lipinski definition) is 4. The van der Waals surface area contributed by atoms with Gasteiger partial charge in [-0.1, -0.05) is 55.4 Å². The van der Waals surface area contributed by atoms with Crippen LogP contribution in [0.2, 0.25) is 0 Å². The van der Waals surface area contributed by atoms with E-state index in [0.29, 0.717) is 0 Å². The van der Waals surface area contributed by atoms with Crippen molar-refractivity contribution in [3.05, 3.63) is 0 Å². The van der Waals surface area contributed by atoms with Gasteiger partial charge in [-0.15, -0.1) is 0 Å². The normalized spacial score (nSPS) is 23.4. The fourth-order valence-corrected chi connectivity index (χ4v) is 3.85. The highest BCUT2D eigenvalue weighted by molar-refractivity contribution is 6.05. The van der Waals surface area contributed by atoms with E-state index in [-0.39, 0.29) is 23.1 Å². The average molecular weight is 354 g/mol. The van der Waals surface area contributed by atoms with Gasteiger partial charge in [0.05, 0.1) is 18.9 Å². The van der Waals surface area contributed by atoms with Crippen LogP contribution in [0.25, 0.3) is 0 Å². The molecule has 1 rings (SSSR count). The van der Waals surface area contributed by atoms with Crippen molar-refractivity contribution in [3.8, 4) is 0 Å². The molecule has 0 aromatic rings. The van der Waals surface area contributed by atoms with E-state index in [1.807, 2.05) is 55.4 Å². The van der Waals surface area contributed by atoms with Gasteiger partial charge in [-0.3, -0.25) is 24.5 Å².